The van der Waals surface area contributed by atoms with Crippen molar-refractivity contribution in [1.29, 1.82) is 0 Å². The molecule has 0 spiro atoms. The number of benzene rings is 1. The van der Waals surface area contributed by atoms with Gasteiger partial charge in [-0.05, 0) is 62.4 Å². The third-order valence-electron chi connectivity index (χ3n) is 6.43. The number of nitrogens with zero attached hydrogens (tertiary/aromatic N) is 4. The molecule has 9 heteroatoms. The Morgan fingerprint density at radius 3 is 2.66 bits per heavy atom. The van der Waals surface area contributed by atoms with Crippen LogP contribution in [0.4, 0.5) is 5.69 Å². The second-order valence-corrected chi connectivity index (χ2v) is 10.4. The lowest BCUT2D eigenvalue weighted by Crippen LogP contribution is -2.33. The summed E-state index contributed by atoms with van der Waals surface area (Å²) in [7, 11) is 0. The molecule has 1 N–H and O–H groups in total. The van der Waals surface area contributed by atoms with Crippen LogP contribution in [0.5, 0.6) is 0 Å². The zero-order valence-corrected chi connectivity index (χ0v) is 20.4. The lowest BCUT2D eigenvalue weighted by atomic mass is 10.1. The highest BCUT2D eigenvalue weighted by Gasteiger charge is 2.34. The molecule has 0 bridgehead atoms. The number of nitrogens with one attached hydrogen (secondary N) is 1. The number of aliphatic imine (C=N–C) groups is 1. The highest BCUT2D eigenvalue weighted by Crippen LogP contribution is 2.31. The molecule has 0 radical (unpaired) electrons. The van der Waals surface area contributed by atoms with E-state index in [4.69, 9.17) is 0 Å². The van der Waals surface area contributed by atoms with Crippen molar-refractivity contribution < 1.29 is 14.4 Å². The highest BCUT2D eigenvalue weighted by molar-refractivity contribution is 8.15. The standard InChI is InChI=1S/C26H29N5O3S/c32-23(16-22-24(33)29-26(35-22)30-13-4-1-5-14-30)28-19-9-6-7-18(15-19)25(34)31(21-10-11-21)17-20-8-2-3-12-27-20/h2-3,6-9,12,15,21-22H,1,4-5,10-11,13-14,16-17H2,(H,28,32). The number of hydrogen-bond acceptors (Lipinski definition) is 6. The molecule has 35 heavy (non-hydrogen) atoms. The van der Waals surface area contributed by atoms with Gasteiger partial charge in [0.05, 0.1) is 12.2 Å². The number of thioether (sulfide) groups is 1. The number of carbonyl (C=O) groups excluding carboxylic acids is 3. The Morgan fingerprint density at radius 2 is 1.91 bits per heavy atom. The van der Waals surface area contributed by atoms with Gasteiger partial charge in [0.2, 0.25) is 5.91 Å². The molecule has 2 aromatic rings. The van der Waals surface area contributed by atoms with Gasteiger partial charge < -0.3 is 15.1 Å². The molecule has 3 heterocycles. The van der Waals surface area contributed by atoms with Gasteiger partial charge in [-0.25, -0.2) is 0 Å². The van der Waals surface area contributed by atoms with Crippen LogP contribution < -0.4 is 5.32 Å². The van der Waals surface area contributed by atoms with E-state index in [1.54, 1.807) is 30.5 Å². The predicted octanol–water partition coefficient (Wildman–Crippen LogP) is 3.70. The first-order chi connectivity index (χ1) is 17.1. The van der Waals surface area contributed by atoms with Crippen LogP contribution >= 0.6 is 11.8 Å². The molecule has 2 fully saturated rings. The molecule has 5 rings (SSSR count). The SMILES string of the molecule is O=C(CC1SC(N2CCCCC2)=NC1=O)Nc1cccc(C(=O)N(Cc2ccccn2)C2CC2)c1. The summed E-state index contributed by atoms with van der Waals surface area (Å²) >= 11 is 1.39. The van der Waals surface area contributed by atoms with Crippen molar-refractivity contribution in [3.8, 4) is 0 Å². The van der Waals surface area contributed by atoms with Gasteiger partial charge in [0.1, 0.15) is 5.25 Å². The van der Waals surface area contributed by atoms with Gasteiger partial charge in [0.25, 0.3) is 11.8 Å². The summed E-state index contributed by atoms with van der Waals surface area (Å²) in [5.41, 5.74) is 1.91. The molecule has 1 aromatic carbocycles. The average molecular weight is 492 g/mol. The minimum atomic E-state index is -0.500. The molecular formula is C26H29N5O3S. The van der Waals surface area contributed by atoms with E-state index >= 15 is 0 Å². The Labute approximate surface area is 209 Å². The number of piperidine rings is 1. The molecular weight excluding hydrogens is 462 g/mol. The van der Waals surface area contributed by atoms with Gasteiger partial charge in [-0.3, -0.25) is 19.4 Å². The van der Waals surface area contributed by atoms with Gasteiger partial charge in [-0.1, -0.05) is 23.9 Å². The van der Waals surface area contributed by atoms with E-state index < -0.39 is 5.25 Å². The molecule has 1 unspecified atom stereocenters. The number of anilines is 1. The van der Waals surface area contributed by atoms with Crippen LogP contribution in [0.15, 0.2) is 53.7 Å². The van der Waals surface area contributed by atoms with Crippen molar-refractivity contribution in [3.05, 3.63) is 59.9 Å². The highest BCUT2D eigenvalue weighted by atomic mass is 32.2. The number of aromatic nitrogens is 1. The van der Waals surface area contributed by atoms with Gasteiger partial charge in [0.15, 0.2) is 5.17 Å². The largest absolute Gasteiger partial charge is 0.351 e. The third-order valence-corrected chi connectivity index (χ3v) is 7.64. The zero-order chi connectivity index (χ0) is 24.2. The number of rotatable bonds is 7. The number of pyridine rings is 1. The van der Waals surface area contributed by atoms with Crippen LogP contribution in [0.2, 0.25) is 0 Å². The fourth-order valence-electron chi connectivity index (χ4n) is 4.43. The molecule has 1 aliphatic carbocycles. The Balaban J connectivity index is 1.19. The van der Waals surface area contributed by atoms with Crippen molar-refractivity contribution in [2.75, 3.05) is 18.4 Å². The van der Waals surface area contributed by atoms with Gasteiger partial charge >= 0.3 is 0 Å². The number of amides is 3. The normalized spacial score (nSPS) is 19.9. The molecule has 1 atom stereocenters. The van der Waals surface area contributed by atoms with Crippen LogP contribution in [-0.4, -0.2) is 62.1 Å². The minimum absolute atomic E-state index is 0.0520. The Morgan fingerprint density at radius 1 is 1.09 bits per heavy atom. The first-order valence-corrected chi connectivity index (χ1v) is 13.1. The van der Waals surface area contributed by atoms with E-state index in [1.165, 1.54) is 18.2 Å². The van der Waals surface area contributed by atoms with Crippen LogP contribution in [0.1, 0.15) is 54.6 Å². The molecule has 3 amide bonds. The summed E-state index contributed by atoms with van der Waals surface area (Å²) in [5.74, 6) is -0.581. The lowest BCUT2D eigenvalue weighted by molar-refractivity contribution is -0.121. The smallest absolute Gasteiger partial charge is 0.262 e. The quantitative estimate of drug-likeness (QED) is 0.635. The topological polar surface area (TPSA) is 95.0 Å². The van der Waals surface area contributed by atoms with E-state index in [0.717, 1.165) is 49.6 Å². The van der Waals surface area contributed by atoms with Crippen molar-refractivity contribution in [2.45, 2.75) is 56.4 Å². The summed E-state index contributed by atoms with van der Waals surface area (Å²) in [6.45, 7) is 2.29. The molecule has 8 nitrogen and oxygen atoms in total. The molecule has 3 aliphatic rings. The maximum Gasteiger partial charge on any atom is 0.262 e. The van der Waals surface area contributed by atoms with E-state index in [0.29, 0.717) is 17.8 Å². The minimum Gasteiger partial charge on any atom is -0.351 e. The maximum atomic E-state index is 13.3. The molecule has 1 saturated heterocycles. The second-order valence-electron chi connectivity index (χ2n) is 9.21. The first kappa shape index (κ1) is 23.5. The summed E-state index contributed by atoms with van der Waals surface area (Å²) in [6, 6.07) is 12.9. The van der Waals surface area contributed by atoms with Crippen molar-refractivity contribution >= 4 is 40.3 Å². The second kappa shape index (κ2) is 10.6. The fourth-order valence-corrected chi connectivity index (χ4v) is 5.54. The molecule has 182 valence electrons. The number of carbonyl (C=O) groups is 3. The Bertz CT molecular complexity index is 1130. The molecule has 1 aromatic heterocycles. The first-order valence-electron chi connectivity index (χ1n) is 12.2. The Kier molecular flexibility index (Phi) is 7.13. The average Bonchev–Trinajstić information content (AvgIpc) is 3.66. The maximum absolute atomic E-state index is 13.3. The fraction of sp³-hybridized carbons (Fsp3) is 0.423. The van der Waals surface area contributed by atoms with Gasteiger partial charge in [-0.15, -0.1) is 0 Å². The van der Waals surface area contributed by atoms with Crippen LogP contribution in [-0.2, 0) is 16.1 Å². The van der Waals surface area contributed by atoms with Gasteiger partial charge in [-0.2, -0.15) is 4.99 Å². The van der Waals surface area contributed by atoms with Crippen LogP contribution in [0, 0.1) is 0 Å². The number of likely N-dealkylation sites (tertiary alicyclic amines) is 1. The Hall–Kier alpha value is -3.20. The van der Waals surface area contributed by atoms with E-state index in [2.05, 4.69) is 20.2 Å². The lowest BCUT2D eigenvalue weighted by Gasteiger charge is -2.27. The van der Waals surface area contributed by atoms with Gasteiger partial charge in [0, 0.05) is 43.0 Å². The molecule has 2 aliphatic heterocycles. The number of amidine groups is 1. The van der Waals surface area contributed by atoms with Crippen molar-refractivity contribution in [2.24, 2.45) is 4.99 Å². The van der Waals surface area contributed by atoms with E-state index in [1.807, 2.05) is 23.1 Å². The summed E-state index contributed by atoms with van der Waals surface area (Å²) in [4.78, 5) is 51.0. The van der Waals surface area contributed by atoms with E-state index in [9.17, 15) is 14.4 Å². The summed E-state index contributed by atoms with van der Waals surface area (Å²) in [5, 5.41) is 3.10. The van der Waals surface area contributed by atoms with Crippen LogP contribution in [0.25, 0.3) is 0 Å². The monoisotopic (exact) mass is 491 g/mol. The van der Waals surface area contributed by atoms with Crippen molar-refractivity contribution in [1.82, 2.24) is 14.8 Å². The number of hydrogen-bond donors (Lipinski definition) is 1. The van der Waals surface area contributed by atoms with Crippen molar-refractivity contribution in [3.63, 3.8) is 0 Å². The van der Waals surface area contributed by atoms with E-state index in [-0.39, 0.29) is 30.2 Å². The van der Waals surface area contributed by atoms with Crippen LogP contribution in [0.3, 0.4) is 0 Å². The predicted molar refractivity (Wildman–Crippen MR) is 136 cm³/mol. The zero-order valence-electron chi connectivity index (χ0n) is 19.6. The molecule has 1 saturated carbocycles. The summed E-state index contributed by atoms with van der Waals surface area (Å²) in [6.07, 6.45) is 7.18. The third kappa shape index (κ3) is 5.90. The summed E-state index contributed by atoms with van der Waals surface area (Å²) < 4.78 is 0.